The van der Waals surface area contributed by atoms with Gasteiger partial charge in [0.15, 0.2) is 11.3 Å². The Kier molecular flexibility index (Phi) is 3.00. The van der Waals surface area contributed by atoms with Crippen LogP contribution in [0.5, 0.6) is 0 Å². The van der Waals surface area contributed by atoms with E-state index >= 15 is 0 Å². The summed E-state index contributed by atoms with van der Waals surface area (Å²) in [7, 11) is 0. The second kappa shape index (κ2) is 4.11. The van der Waals surface area contributed by atoms with Crippen molar-refractivity contribution in [1.29, 1.82) is 0 Å². The van der Waals surface area contributed by atoms with E-state index in [0.29, 0.717) is 0 Å². The monoisotopic (exact) mass is 245 g/mol. The highest BCUT2D eigenvalue weighted by atomic mass is 16.5. The van der Waals surface area contributed by atoms with E-state index in [9.17, 15) is 5.21 Å². The van der Waals surface area contributed by atoms with E-state index in [-0.39, 0.29) is 11.0 Å². The highest BCUT2D eigenvalue weighted by molar-refractivity contribution is 5.78. The molecule has 0 fully saturated rings. The zero-order chi connectivity index (χ0) is 13.6. The molecule has 1 aromatic rings. The Balaban J connectivity index is 2.37. The van der Waals surface area contributed by atoms with E-state index in [0.717, 1.165) is 24.1 Å². The lowest BCUT2D eigenvalue weighted by molar-refractivity contribution is -0.546. The predicted molar refractivity (Wildman–Crippen MR) is 76.0 cm³/mol. The highest BCUT2D eigenvalue weighted by Crippen LogP contribution is 2.35. The molecule has 2 nitrogen and oxygen atoms in total. The Morgan fingerprint density at radius 1 is 1.17 bits per heavy atom. The predicted octanol–water partition coefficient (Wildman–Crippen LogP) is 3.96. The van der Waals surface area contributed by atoms with Gasteiger partial charge in [0.05, 0.1) is 0 Å². The number of hydrogen-bond donors (Lipinski definition) is 0. The largest absolute Gasteiger partial charge is 0.623 e. The Labute approximate surface area is 110 Å². The van der Waals surface area contributed by atoms with Gasteiger partial charge in [0.2, 0.25) is 0 Å². The second-order valence-electron chi connectivity index (χ2n) is 6.63. The molecule has 0 amide bonds. The number of hydrogen-bond acceptors (Lipinski definition) is 1. The third kappa shape index (κ3) is 2.05. The first-order valence-electron chi connectivity index (χ1n) is 6.66. The van der Waals surface area contributed by atoms with E-state index in [4.69, 9.17) is 0 Å². The molecule has 1 heterocycles. The van der Waals surface area contributed by atoms with Crippen molar-refractivity contribution < 1.29 is 4.74 Å². The van der Waals surface area contributed by atoms with Gasteiger partial charge in [0.1, 0.15) is 0 Å². The quantitative estimate of drug-likeness (QED) is 0.543. The van der Waals surface area contributed by atoms with Crippen LogP contribution in [0.25, 0.3) is 0 Å². The molecule has 1 aromatic carbocycles. The van der Waals surface area contributed by atoms with Crippen LogP contribution in [-0.4, -0.2) is 10.5 Å². The molecule has 2 rings (SSSR count). The van der Waals surface area contributed by atoms with Gasteiger partial charge in [-0.1, -0.05) is 45.0 Å². The third-order valence-corrected chi connectivity index (χ3v) is 4.14. The summed E-state index contributed by atoms with van der Waals surface area (Å²) < 4.78 is 1.19. The van der Waals surface area contributed by atoms with Crippen molar-refractivity contribution in [3.05, 3.63) is 40.6 Å². The molecule has 98 valence electrons. The van der Waals surface area contributed by atoms with Crippen LogP contribution in [0, 0.1) is 5.21 Å². The Morgan fingerprint density at radius 3 is 2.11 bits per heavy atom. The smallest absolute Gasteiger partial charge is 0.195 e. The fourth-order valence-electron chi connectivity index (χ4n) is 2.64. The van der Waals surface area contributed by atoms with E-state index in [1.807, 2.05) is 13.8 Å². The Hall–Kier alpha value is -1.31. The lowest BCUT2D eigenvalue weighted by Gasteiger charge is -2.26. The molecular weight excluding hydrogens is 222 g/mol. The van der Waals surface area contributed by atoms with Gasteiger partial charge in [-0.3, -0.25) is 0 Å². The molecule has 0 unspecified atom stereocenters. The van der Waals surface area contributed by atoms with Gasteiger partial charge in [-0.25, -0.2) is 4.74 Å². The first-order chi connectivity index (χ1) is 8.25. The third-order valence-electron chi connectivity index (χ3n) is 4.14. The number of nitrogens with zero attached hydrogens (tertiary/aromatic N) is 1. The van der Waals surface area contributed by atoms with Crippen molar-refractivity contribution in [2.45, 2.75) is 58.4 Å². The standard InChI is InChI=1S/C16H23NO/c1-12-10-11-16(5,17(12)18)14-8-6-13(7-9-14)15(2,3)4/h6-9H,10-11H2,1-5H3/t16-/m0/s1. The van der Waals surface area contributed by atoms with Crippen molar-refractivity contribution in [3.63, 3.8) is 0 Å². The summed E-state index contributed by atoms with van der Waals surface area (Å²) >= 11 is 0. The van der Waals surface area contributed by atoms with Gasteiger partial charge >= 0.3 is 0 Å². The van der Waals surface area contributed by atoms with E-state index in [2.05, 4.69) is 45.0 Å². The van der Waals surface area contributed by atoms with E-state index in [1.54, 1.807) is 0 Å². The first-order valence-corrected chi connectivity index (χ1v) is 6.66. The number of benzene rings is 1. The molecule has 2 heteroatoms. The molecule has 0 bridgehead atoms. The number of hydroxylamine groups is 1. The molecule has 18 heavy (non-hydrogen) atoms. The van der Waals surface area contributed by atoms with Crippen molar-refractivity contribution in [2.75, 3.05) is 0 Å². The summed E-state index contributed by atoms with van der Waals surface area (Å²) in [6, 6.07) is 8.54. The summed E-state index contributed by atoms with van der Waals surface area (Å²) in [5, 5.41) is 12.2. The maximum atomic E-state index is 12.2. The Bertz CT molecular complexity index is 479. The van der Waals surface area contributed by atoms with Crippen LogP contribution < -0.4 is 0 Å². The fraction of sp³-hybridized carbons (Fsp3) is 0.562. The molecule has 0 aliphatic carbocycles. The summed E-state index contributed by atoms with van der Waals surface area (Å²) in [5.74, 6) is 0. The molecule has 0 radical (unpaired) electrons. The maximum absolute atomic E-state index is 12.2. The van der Waals surface area contributed by atoms with Gasteiger partial charge in [-0.15, -0.1) is 0 Å². The van der Waals surface area contributed by atoms with Gasteiger partial charge in [0.25, 0.3) is 0 Å². The summed E-state index contributed by atoms with van der Waals surface area (Å²) in [4.78, 5) is 0. The molecule has 0 saturated carbocycles. The van der Waals surface area contributed by atoms with Crippen molar-refractivity contribution in [2.24, 2.45) is 0 Å². The van der Waals surface area contributed by atoms with Crippen LogP contribution in [0.1, 0.15) is 58.6 Å². The van der Waals surface area contributed by atoms with E-state index < -0.39 is 0 Å². The topological polar surface area (TPSA) is 26.1 Å². The molecule has 1 atom stereocenters. The first kappa shape index (κ1) is 13.1. The van der Waals surface area contributed by atoms with Crippen molar-refractivity contribution >= 4 is 5.71 Å². The van der Waals surface area contributed by atoms with Crippen molar-refractivity contribution in [3.8, 4) is 0 Å². The van der Waals surface area contributed by atoms with Crippen LogP contribution in [0.2, 0.25) is 0 Å². The summed E-state index contributed by atoms with van der Waals surface area (Å²) in [6.07, 6.45) is 1.82. The molecule has 0 saturated heterocycles. The minimum atomic E-state index is -0.375. The SMILES string of the molecule is CC1=[N+]([O-])[C@](C)(c2ccc(C(C)(C)C)cc2)CC1. The Morgan fingerprint density at radius 2 is 1.72 bits per heavy atom. The summed E-state index contributed by atoms with van der Waals surface area (Å²) in [5.41, 5.74) is 3.17. The number of rotatable bonds is 1. The fourth-order valence-corrected chi connectivity index (χ4v) is 2.64. The minimum Gasteiger partial charge on any atom is -0.623 e. The molecule has 0 N–H and O–H groups in total. The summed E-state index contributed by atoms with van der Waals surface area (Å²) in [6.45, 7) is 10.6. The van der Waals surface area contributed by atoms with Crippen molar-refractivity contribution in [1.82, 2.24) is 0 Å². The van der Waals surface area contributed by atoms with Crippen LogP contribution in [0.15, 0.2) is 24.3 Å². The second-order valence-corrected chi connectivity index (χ2v) is 6.63. The van der Waals surface area contributed by atoms with Gasteiger partial charge < -0.3 is 5.21 Å². The van der Waals surface area contributed by atoms with E-state index in [1.165, 1.54) is 10.3 Å². The zero-order valence-corrected chi connectivity index (χ0v) is 12.1. The lowest BCUT2D eigenvalue weighted by atomic mass is 9.83. The normalized spacial score (nSPS) is 24.7. The van der Waals surface area contributed by atoms with Crippen LogP contribution >= 0.6 is 0 Å². The zero-order valence-electron chi connectivity index (χ0n) is 12.1. The van der Waals surface area contributed by atoms with Gasteiger partial charge in [0, 0.05) is 32.3 Å². The lowest BCUT2D eigenvalue weighted by Crippen LogP contribution is -2.30. The molecule has 0 aromatic heterocycles. The van der Waals surface area contributed by atoms with Gasteiger partial charge in [-0.2, -0.15) is 0 Å². The van der Waals surface area contributed by atoms with Crippen LogP contribution in [0.3, 0.4) is 0 Å². The van der Waals surface area contributed by atoms with Gasteiger partial charge in [-0.05, 0) is 11.0 Å². The average molecular weight is 245 g/mol. The maximum Gasteiger partial charge on any atom is 0.195 e. The molecule has 0 spiro atoms. The van der Waals surface area contributed by atoms with Crippen LogP contribution in [-0.2, 0) is 11.0 Å². The minimum absolute atomic E-state index is 0.161. The molecule has 1 aliphatic heterocycles. The average Bonchev–Trinajstić information content (AvgIpc) is 2.58. The highest BCUT2D eigenvalue weighted by Gasteiger charge is 2.41. The van der Waals surface area contributed by atoms with Crippen LogP contribution in [0.4, 0.5) is 0 Å². The molecule has 1 aliphatic rings. The molecular formula is C16H23NO.